The molecule has 1 aliphatic carbocycles. The summed E-state index contributed by atoms with van der Waals surface area (Å²) >= 11 is 1.22. The van der Waals surface area contributed by atoms with E-state index in [4.69, 9.17) is 17.2 Å². The summed E-state index contributed by atoms with van der Waals surface area (Å²) in [5, 5.41) is 3.71. The Balaban J connectivity index is 1.59. The zero-order valence-electron chi connectivity index (χ0n) is 19.1. The monoisotopic (exact) mass is 489 g/mol. The van der Waals surface area contributed by atoms with Crippen LogP contribution in [0.25, 0.3) is 10.1 Å². The van der Waals surface area contributed by atoms with Crippen LogP contribution in [0, 0.1) is 0 Å². The number of piperidine rings is 1. The minimum atomic E-state index is -1.45. The number of ketones is 1. The van der Waals surface area contributed by atoms with Gasteiger partial charge in [-0.3, -0.25) is 14.4 Å². The number of nitrogen functional groups attached to an aromatic ring is 1. The number of Topliss-reactive ketones (excluding diaryl/α,β-unsaturated/α-hetero) is 1. The van der Waals surface area contributed by atoms with Gasteiger partial charge in [-0.15, -0.1) is 11.3 Å². The molecule has 3 unspecified atom stereocenters. The van der Waals surface area contributed by atoms with Crippen molar-refractivity contribution in [3.63, 3.8) is 0 Å². The quantitative estimate of drug-likeness (QED) is 0.327. The van der Waals surface area contributed by atoms with Gasteiger partial charge >= 0.3 is 0 Å². The first-order valence-electron chi connectivity index (χ1n) is 11.5. The molecule has 8 nitrogen and oxygen atoms in total. The number of rotatable bonds is 4. The molecule has 1 fully saturated rings. The average molecular weight is 490 g/mol. The summed E-state index contributed by atoms with van der Waals surface area (Å²) in [4.78, 5) is 41.2. The Morgan fingerprint density at radius 1 is 1.20 bits per heavy atom. The van der Waals surface area contributed by atoms with Crippen molar-refractivity contribution in [3.05, 3.63) is 76.7 Å². The van der Waals surface area contributed by atoms with Crippen molar-refractivity contribution in [1.82, 2.24) is 10.2 Å². The van der Waals surface area contributed by atoms with E-state index in [9.17, 15) is 14.4 Å². The van der Waals surface area contributed by atoms with Gasteiger partial charge in [0.2, 0.25) is 5.91 Å². The van der Waals surface area contributed by atoms with Gasteiger partial charge in [-0.1, -0.05) is 43.0 Å². The maximum absolute atomic E-state index is 13.7. The number of hydrogen-bond donors (Lipinski definition) is 4. The van der Waals surface area contributed by atoms with Gasteiger partial charge in [0, 0.05) is 35.8 Å². The van der Waals surface area contributed by atoms with Gasteiger partial charge in [0.15, 0.2) is 5.78 Å². The molecule has 1 saturated heterocycles. The van der Waals surface area contributed by atoms with E-state index in [-0.39, 0.29) is 23.6 Å². The second-order valence-corrected chi connectivity index (χ2v) is 10.1. The Labute approximate surface area is 206 Å². The number of thiophene rings is 1. The fourth-order valence-corrected chi connectivity index (χ4v) is 6.43. The van der Waals surface area contributed by atoms with E-state index < -0.39 is 11.6 Å². The van der Waals surface area contributed by atoms with Gasteiger partial charge in [-0.25, -0.2) is 0 Å². The van der Waals surface area contributed by atoms with E-state index in [0.717, 1.165) is 12.8 Å². The molecule has 2 heterocycles. The first-order valence-corrected chi connectivity index (χ1v) is 12.3. The van der Waals surface area contributed by atoms with Gasteiger partial charge in [-0.05, 0) is 36.1 Å². The van der Waals surface area contributed by atoms with Gasteiger partial charge in [0.1, 0.15) is 5.54 Å². The zero-order valence-corrected chi connectivity index (χ0v) is 19.9. The standard InChI is InChI=1S/C26H27N5O3S/c1-2-18(32)31-12-6-9-15(13-31)30-25(34)23-20-19-16(10-11-17(27)22(19)35-23)26(29,24(33)21(20)28)14-7-4-3-5-8-14/h2-5,7-8,10-11,15,21H,1,6,9,12-13,27-29H2,(H,30,34). The number of benzene rings is 2. The Bertz CT molecular complexity index is 1370. The van der Waals surface area contributed by atoms with Crippen LogP contribution in [0.3, 0.4) is 0 Å². The van der Waals surface area contributed by atoms with E-state index in [1.807, 2.05) is 18.2 Å². The third-order valence-electron chi connectivity index (χ3n) is 6.99. The van der Waals surface area contributed by atoms with E-state index in [1.165, 1.54) is 17.4 Å². The summed E-state index contributed by atoms with van der Waals surface area (Å²) in [7, 11) is 0. The van der Waals surface area contributed by atoms with Crippen molar-refractivity contribution in [2.75, 3.05) is 18.8 Å². The van der Waals surface area contributed by atoms with Crippen LogP contribution < -0.4 is 22.5 Å². The number of anilines is 1. The Kier molecular flexibility index (Phi) is 5.71. The van der Waals surface area contributed by atoms with Gasteiger partial charge in [0.05, 0.1) is 15.6 Å². The number of amides is 2. The van der Waals surface area contributed by atoms with Crippen LogP contribution in [-0.4, -0.2) is 41.6 Å². The lowest BCUT2D eigenvalue weighted by molar-refractivity contribution is -0.127. The van der Waals surface area contributed by atoms with Crippen molar-refractivity contribution in [2.45, 2.75) is 30.5 Å². The van der Waals surface area contributed by atoms with E-state index in [2.05, 4.69) is 11.9 Å². The van der Waals surface area contributed by atoms with E-state index in [1.54, 1.807) is 29.2 Å². The molecule has 3 aromatic rings. The number of nitrogens with zero attached hydrogens (tertiary/aromatic N) is 1. The number of likely N-dealkylation sites (tertiary alicyclic amines) is 1. The summed E-state index contributed by atoms with van der Waals surface area (Å²) < 4.78 is 0.684. The molecule has 9 heteroatoms. The minimum Gasteiger partial charge on any atom is -0.398 e. The van der Waals surface area contributed by atoms with Crippen LogP contribution in [0.5, 0.6) is 0 Å². The zero-order chi connectivity index (χ0) is 24.9. The molecule has 2 aromatic carbocycles. The van der Waals surface area contributed by atoms with Gasteiger partial charge < -0.3 is 27.4 Å². The van der Waals surface area contributed by atoms with E-state index in [0.29, 0.717) is 50.4 Å². The Hall–Kier alpha value is -3.53. The lowest BCUT2D eigenvalue weighted by Crippen LogP contribution is -2.53. The topological polar surface area (TPSA) is 145 Å². The maximum atomic E-state index is 13.7. The van der Waals surface area contributed by atoms with Crippen molar-refractivity contribution >= 4 is 44.7 Å². The number of nitrogens with two attached hydrogens (primary N) is 3. The molecular formula is C26H27N5O3S. The number of hydrogen-bond acceptors (Lipinski definition) is 7. The average Bonchev–Trinajstić information content (AvgIpc) is 3.29. The summed E-state index contributed by atoms with van der Waals surface area (Å²) in [6, 6.07) is 11.3. The molecule has 2 aliphatic rings. The predicted molar refractivity (Wildman–Crippen MR) is 137 cm³/mol. The van der Waals surface area contributed by atoms with Crippen molar-refractivity contribution in [2.24, 2.45) is 11.5 Å². The third-order valence-corrected chi connectivity index (χ3v) is 8.24. The third kappa shape index (κ3) is 3.54. The molecule has 35 heavy (non-hydrogen) atoms. The highest BCUT2D eigenvalue weighted by molar-refractivity contribution is 7.21. The highest BCUT2D eigenvalue weighted by atomic mass is 32.1. The number of nitrogens with one attached hydrogen (secondary N) is 1. The summed E-state index contributed by atoms with van der Waals surface area (Å²) in [5.74, 6) is -0.877. The maximum Gasteiger partial charge on any atom is 0.262 e. The van der Waals surface area contributed by atoms with Crippen LogP contribution in [-0.2, 0) is 15.1 Å². The molecule has 1 aliphatic heterocycles. The fraction of sp³-hybridized carbons (Fsp3) is 0.269. The first-order chi connectivity index (χ1) is 16.8. The SMILES string of the molecule is C=CC(=O)N1CCCC(NC(=O)c2sc3c(N)ccc4c3c2C(N)C(=O)C4(N)c2ccccc2)C1. The molecule has 0 radical (unpaired) electrons. The molecule has 0 spiro atoms. The van der Waals surface area contributed by atoms with Crippen LogP contribution in [0.4, 0.5) is 5.69 Å². The summed E-state index contributed by atoms with van der Waals surface area (Å²) in [5.41, 5.74) is 20.3. The van der Waals surface area contributed by atoms with Crippen LogP contribution in [0.1, 0.15) is 45.2 Å². The molecule has 0 saturated carbocycles. The lowest BCUT2D eigenvalue weighted by atomic mass is 9.70. The molecule has 0 bridgehead atoms. The molecular weight excluding hydrogens is 462 g/mol. The van der Waals surface area contributed by atoms with Crippen molar-refractivity contribution in [3.8, 4) is 0 Å². The van der Waals surface area contributed by atoms with Crippen molar-refractivity contribution in [1.29, 1.82) is 0 Å². The van der Waals surface area contributed by atoms with Crippen LogP contribution in [0.15, 0.2) is 55.1 Å². The Morgan fingerprint density at radius 3 is 2.66 bits per heavy atom. The van der Waals surface area contributed by atoms with Gasteiger partial charge in [0.25, 0.3) is 5.91 Å². The fourth-order valence-electron chi connectivity index (χ4n) is 5.22. The summed E-state index contributed by atoms with van der Waals surface area (Å²) in [6.45, 7) is 4.57. The van der Waals surface area contributed by atoms with Gasteiger partial charge in [-0.2, -0.15) is 0 Å². The predicted octanol–water partition coefficient (Wildman–Crippen LogP) is 2.18. The Morgan fingerprint density at radius 2 is 1.94 bits per heavy atom. The van der Waals surface area contributed by atoms with E-state index >= 15 is 0 Å². The van der Waals surface area contributed by atoms with Crippen molar-refractivity contribution < 1.29 is 14.4 Å². The van der Waals surface area contributed by atoms with Crippen LogP contribution in [0.2, 0.25) is 0 Å². The first kappa shape index (κ1) is 23.2. The molecule has 1 aromatic heterocycles. The van der Waals surface area contributed by atoms with Crippen LogP contribution >= 0.6 is 11.3 Å². The second-order valence-electron chi connectivity index (χ2n) is 9.07. The molecule has 7 N–H and O–H groups in total. The normalized spacial score (nSPS) is 23.8. The second kappa shape index (κ2) is 8.60. The lowest BCUT2D eigenvalue weighted by Gasteiger charge is -2.36. The smallest absolute Gasteiger partial charge is 0.262 e. The number of carbonyl (C=O) groups is 3. The highest BCUT2D eigenvalue weighted by Crippen LogP contribution is 2.49. The molecule has 2 amide bonds. The molecule has 5 rings (SSSR count). The molecule has 3 atom stereocenters. The largest absolute Gasteiger partial charge is 0.398 e. The number of carbonyl (C=O) groups excluding carboxylic acids is 3. The summed E-state index contributed by atoms with van der Waals surface area (Å²) in [6.07, 6.45) is 2.79. The molecule has 180 valence electrons. The highest BCUT2D eigenvalue weighted by Gasteiger charge is 2.48. The minimum absolute atomic E-state index is 0.161.